The predicted octanol–water partition coefficient (Wildman–Crippen LogP) is 3.96. The third kappa shape index (κ3) is 1.77. The maximum absolute atomic E-state index is 12.4. The molecule has 21 heavy (non-hydrogen) atoms. The number of rotatable bonds is 0. The molecule has 118 valence electrons. The highest BCUT2D eigenvalue weighted by atomic mass is 16.3. The quantitative estimate of drug-likeness (QED) is 0.733. The predicted molar refractivity (Wildman–Crippen MR) is 82.7 cm³/mol. The Bertz CT molecular complexity index is 458. The lowest BCUT2D eigenvalue weighted by molar-refractivity contribution is -0.143. The Balaban J connectivity index is 1.69. The SMILES string of the molecule is C[C@]12CCCC[C@@H]1CC[C@@H]1[C@H]3[C@H](O)CC(=O)[C@@]3(C)CC[C@H]12. The highest BCUT2D eigenvalue weighted by Crippen LogP contribution is 2.65. The molecule has 0 unspecified atom stereocenters. The Morgan fingerprint density at radius 1 is 1.05 bits per heavy atom. The van der Waals surface area contributed by atoms with Crippen LogP contribution in [0.1, 0.15) is 71.6 Å². The summed E-state index contributed by atoms with van der Waals surface area (Å²) in [4.78, 5) is 12.4. The molecule has 4 fully saturated rings. The van der Waals surface area contributed by atoms with Crippen LogP contribution in [0.2, 0.25) is 0 Å². The smallest absolute Gasteiger partial charge is 0.141 e. The number of aliphatic hydroxyl groups excluding tert-OH is 1. The number of Topliss-reactive ketones (excluding diaryl/α,β-unsaturated/α-hetero) is 1. The van der Waals surface area contributed by atoms with Gasteiger partial charge in [0.05, 0.1) is 6.10 Å². The second-order valence-corrected chi connectivity index (χ2v) is 8.97. The van der Waals surface area contributed by atoms with Crippen LogP contribution in [0.5, 0.6) is 0 Å². The van der Waals surface area contributed by atoms with Gasteiger partial charge in [-0.05, 0) is 61.7 Å². The molecule has 0 aromatic heterocycles. The second-order valence-electron chi connectivity index (χ2n) is 8.97. The summed E-state index contributed by atoms with van der Waals surface area (Å²) < 4.78 is 0. The molecule has 0 bridgehead atoms. The Kier molecular flexibility index (Phi) is 3.10. The summed E-state index contributed by atoms with van der Waals surface area (Å²) in [6, 6.07) is 0. The summed E-state index contributed by atoms with van der Waals surface area (Å²) in [5.41, 5.74) is 0.284. The van der Waals surface area contributed by atoms with Crippen LogP contribution in [-0.4, -0.2) is 17.0 Å². The number of ketones is 1. The van der Waals surface area contributed by atoms with E-state index in [-0.39, 0.29) is 17.4 Å². The Hall–Kier alpha value is -0.370. The minimum absolute atomic E-state index is 0.210. The normalized spacial score (nSPS) is 56.5. The van der Waals surface area contributed by atoms with Gasteiger partial charge >= 0.3 is 0 Å². The van der Waals surface area contributed by atoms with Crippen LogP contribution in [0.25, 0.3) is 0 Å². The minimum Gasteiger partial charge on any atom is -0.392 e. The standard InChI is InChI=1S/C19H30O2/c1-18-9-4-3-5-12(18)6-7-13-14(18)8-10-19(2)16(21)11-15(20)17(13)19/h12-15,17,20H,3-11H2,1-2H3/t12-,13+,14-,15-,17+,18+,19-/m1/s1. The van der Waals surface area contributed by atoms with E-state index in [4.69, 9.17) is 0 Å². The first-order valence-corrected chi connectivity index (χ1v) is 9.18. The molecule has 0 aliphatic heterocycles. The number of fused-ring (bicyclic) bond motifs is 5. The van der Waals surface area contributed by atoms with Crippen molar-refractivity contribution in [1.82, 2.24) is 0 Å². The topological polar surface area (TPSA) is 37.3 Å². The fraction of sp³-hybridized carbons (Fsp3) is 0.947. The van der Waals surface area contributed by atoms with Gasteiger partial charge in [-0.15, -0.1) is 0 Å². The number of carbonyl (C=O) groups excluding carboxylic acids is 1. The van der Waals surface area contributed by atoms with Crippen molar-refractivity contribution >= 4 is 5.78 Å². The monoisotopic (exact) mass is 290 g/mol. The van der Waals surface area contributed by atoms with Gasteiger partial charge in [-0.2, -0.15) is 0 Å². The molecule has 0 aromatic carbocycles. The van der Waals surface area contributed by atoms with Crippen molar-refractivity contribution in [3.63, 3.8) is 0 Å². The second kappa shape index (κ2) is 4.57. The fourth-order valence-corrected chi connectivity index (χ4v) is 7.13. The molecule has 0 amide bonds. The van der Waals surface area contributed by atoms with Crippen molar-refractivity contribution in [3.05, 3.63) is 0 Å². The van der Waals surface area contributed by atoms with Crippen molar-refractivity contribution in [1.29, 1.82) is 0 Å². The third-order valence-electron chi connectivity index (χ3n) is 8.28. The number of hydrogen-bond donors (Lipinski definition) is 1. The van der Waals surface area contributed by atoms with E-state index in [1.807, 2.05) is 0 Å². The van der Waals surface area contributed by atoms with Crippen molar-refractivity contribution in [2.24, 2.45) is 34.5 Å². The van der Waals surface area contributed by atoms with Gasteiger partial charge in [0, 0.05) is 17.8 Å². The Labute approximate surface area is 128 Å². The van der Waals surface area contributed by atoms with E-state index in [0.717, 1.165) is 18.3 Å². The molecule has 0 aromatic rings. The summed E-state index contributed by atoms with van der Waals surface area (Å²) in [5, 5.41) is 10.6. The van der Waals surface area contributed by atoms with Crippen molar-refractivity contribution in [3.8, 4) is 0 Å². The average Bonchev–Trinajstić information content (AvgIpc) is 2.68. The van der Waals surface area contributed by atoms with Gasteiger partial charge in [0.15, 0.2) is 0 Å². The summed E-state index contributed by atoms with van der Waals surface area (Å²) in [6.45, 7) is 4.70. The summed E-state index contributed by atoms with van der Waals surface area (Å²) >= 11 is 0. The zero-order valence-corrected chi connectivity index (χ0v) is 13.6. The lowest BCUT2D eigenvalue weighted by Gasteiger charge is -2.59. The zero-order valence-electron chi connectivity index (χ0n) is 13.6. The largest absolute Gasteiger partial charge is 0.392 e. The van der Waals surface area contributed by atoms with Crippen LogP contribution in [0.3, 0.4) is 0 Å². The lowest BCUT2D eigenvalue weighted by Crippen LogP contribution is -2.54. The van der Waals surface area contributed by atoms with Gasteiger partial charge in [0.1, 0.15) is 5.78 Å². The third-order valence-corrected chi connectivity index (χ3v) is 8.28. The van der Waals surface area contributed by atoms with Crippen LogP contribution >= 0.6 is 0 Å². The summed E-state index contributed by atoms with van der Waals surface area (Å²) in [7, 11) is 0. The van der Waals surface area contributed by atoms with Crippen LogP contribution in [0.4, 0.5) is 0 Å². The molecular formula is C19H30O2. The molecule has 2 heteroatoms. The van der Waals surface area contributed by atoms with Crippen LogP contribution in [0, 0.1) is 34.5 Å². The molecule has 4 saturated carbocycles. The van der Waals surface area contributed by atoms with Gasteiger partial charge in [0.2, 0.25) is 0 Å². The number of carbonyl (C=O) groups is 1. The first-order valence-electron chi connectivity index (χ1n) is 9.18. The molecule has 1 N–H and O–H groups in total. The van der Waals surface area contributed by atoms with E-state index < -0.39 is 0 Å². The summed E-state index contributed by atoms with van der Waals surface area (Å²) in [6.07, 6.45) is 10.5. The Morgan fingerprint density at radius 3 is 2.67 bits per heavy atom. The van der Waals surface area contributed by atoms with Gasteiger partial charge in [0.25, 0.3) is 0 Å². The zero-order chi connectivity index (χ0) is 14.8. The van der Waals surface area contributed by atoms with Gasteiger partial charge in [-0.1, -0.05) is 26.7 Å². The highest BCUT2D eigenvalue weighted by Gasteiger charge is 2.62. The van der Waals surface area contributed by atoms with Gasteiger partial charge < -0.3 is 5.11 Å². The van der Waals surface area contributed by atoms with E-state index >= 15 is 0 Å². The molecule has 0 radical (unpaired) electrons. The molecular weight excluding hydrogens is 260 g/mol. The molecule has 7 atom stereocenters. The van der Waals surface area contributed by atoms with Gasteiger partial charge in [-0.3, -0.25) is 4.79 Å². The van der Waals surface area contributed by atoms with E-state index in [1.54, 1.807) is 0 Å². The molecule has 4 aliphatic rings. The van der Waals surface area contributed by atoms with Crippen molar-refractivity contribution in [2.75, 3.05) is 0 Å². The minimum atomic E-state index is -0.362. The first kappa shape index (κ1) is 14.2. The molecule has 4 aliphatic carbocycles. The fourth-order valence-electron chi connectivity index (χ4n) is 7.13. The molecule has 0 saturated heterocycles. The van der Waals surface area contributed by atoms with Crippen LogP contribution < -0.4 is 0 Å². The average molecular weight is 290 g/mol. The van der Waals surface area contributed by atoms with E-state index in [0.29, 0.717) is 23.5 Å². The van der Waals surface area contributed by atoms with Crippen molar-refractivity contribution < 1.29 is 9.90 Å². The van der Waals surface area contributed by atoms with Crippen molar-refractivity contribution in [2.45, 2.75) is 77.7 Å². The van der Waals surface area contributed by atoms with E-state index in [9.17, 15) is 9.90 Å². The number of aliphatic hydroxyl groups is 1. The van der Waals surface area contributed by atoms with Crippen LogP contribution in [0.15, 0.2) is 0 Å². The molecule has 4 rings (SSSR count). The molecule has 0 spiro atoms. The number of hydrogen-bond acceptors (Lipinski definition) is 2. The Morgan fingerprint density at radius 2 is 1.86 bits per heavy atom. The van der Waals surface area contributed by atoms with E-state index in [1.165, 1.54) is 44.9 Å². The maximum Gasteiger partial charge on any atom is 0.141 e. The molecule has 0 heterocycles. The molecule has 2 nitrogen and oxygen atoms in total. The lowest BCUT2D eigenvalue weighted by atomic mass is 9.45. The van der Waals surface area contributed by atoms with Gasteiger partial charge in [-0.25, -0.2) is 0 Å². The van der Waals surface area contributed by atoms with Crippen LogP contribution in [-0.2, 0) is 4.79 Å². The highest BCUT2D eigenvalue weighted by molar-refractivity contribution is 5.88. The maximum atomic E-state index is 12.4. The van der Waals surface area contributed by atoms with E-state index in [2.05, 4.69) is 13.8 Å². The summed E-state index contributed by atoms with van der Waals surface area (Å²) in [5.74, 6) is 2.86. The first-order chi connectivity index (χ1) is 9.97.